The van der Waals surface area contributed by atoms with Crippen LogP contribution in [0.25, 0.3) is 0 Å². The van der Waals surface area contributed by atoms with Gasteiger partial charge in [0, 0.05) is 11.9 Å². The molecule has 0 radical (unpaired) electrons. The van der Waals surface area contributed by atoms with Gasteiger partial charge in [0.15, 0.2) is 0 Å². The van der Waals surface area contributed by atoms with Crippen molar-refractivity contribution in [3.63, 3.8) is 0 Å². The number of aromatic carboxylic acids is 1. The van der Waals surface area contributed by atoms with Gasteiger partial charge in [-0.25, -0.2) is 9.78 Å². The van der Waals surface area contributed by atoms with Gasteiger partial charge in [0.25, 0.3) is 0 Å². The summed E-state index contributed by atoms with van der Waals surface area (Å²) in [6, 6.07) is 6.37. The monoisotopic (exact) mass is 332 g/mol. The maximum absolute atomic E-state index is 12.5. The summed E-state index contributed by atoms with van der Waals surface area (Å²) in [7, 11) is 1.78. The molecule has 0 saturated heterocycles. The van der Waals surface area contributed by atoms with Crippen LogP contribution in [0.1, 0.15) is 44.5 Å². The molecule has 0 fully saturated rings. The van der Waals surface area contributed by atoms with E-state index < -0.39 is 5.97 Å². The molecule has 1 aromatic carbocycles. The number of aryl methyl sites for hydroxylation is 2. The molecule has 1 unspecified atom stereocenters. The molecule has 122 valence electrons. The molecule has 1 aromatic heterocycles. The first-order valence-electron chi connectivity index (χ1n) is 7.31. The highest BCUT2D eigenvalue weighted by Gasteiger charge is 2.21. The number of nitrogens with zero attached hydrogens (tertiary/aromatic N) is 2. The van der Waals surface area contributed by atoms with Crippen molar-refractivity contribution in [2.24, 2.45) is 0 Å². The summed E-state index contributed by atoms with van der Waals surface area (Å²) in [4.78, 5) is 30.5. The zero-order valence-corrected chi connectivity index (χ0v) is 14.5. The maximum Gasteiger partial charge on any atom is 0.335 e. The summed E-state index contributed by atoms with van der Waals surface area (Å²) >= 11 is 1.61. The number of amides is 1. The molecule has 2 rings (SSSR count). The third kappa shape index (κ3) is 3.96. The van der Waals surface area contributed by atoms with Crippen molar-refractivity contribution in [2.75, 3.05) is 7.05 Å². The van der Waals surface area contributed by atoms with Gasteiger partial charge in [-0.3, -0.25) is 4.79 Å². The molecule has 2 aromatic rings. The van der Waals surface area contributed by atoms with Gasteiger partial charge in [0.1, 0.15) is 0 Å². The second-order valence-electron chi connectivity index (χ2n) is 5.54. The zero-order chi connectivity index (χ0) is 17.1. The van der Waals surface area contributed by atoms with E-state index in [1.54, 1.807) is 35.4 Å². The average molecular weight is 332 g/mol. The summed E-state index contributed by atoms with van der Waals surface area (Å²) < 4.78 is 0. The number of carbonyl (C=O) groups excluding carboxylic acids is 1. The molecule has 0 aliphatic rings. The molecule has 1 heterocycles. The molecule has 0 spiro atoms. The Bertz CT molecular complexity index is 722. The zero-order valence-electron chi connectivity index (χ0n) is 13.7. The Hall–Kier alpha value is -2.21. The molecule has 0 saturated carbocycles. The third-order valence-corrected chi connectivity index (χ3v) is 5.09. The van der Waals surface area contributed by atoms with E-state index in [0.717, 1.165) is 21.1 Å². The quantitative estimate of drug-likeness (QED) is 0.912. The van der Waals surface area contributed by atoms with Gasteiger partial charge in [-0.1, -0.05) is 12.1 Å². The predicted molar refractivity (Wildman–Crippen MR) is 89.9 cm³/mol. The van der Waals surface area contributed by atoms with E-state index >= 15 is 0 Å². The van der Waals surface area contributed by atoms with E-state index in [9.17, 15) is 9.59 Å². The topological polar surface area (TPSA) is 70.5 Å². The molecule has 0 aliphatic heterocycles. The van der Waals surface area contributed by atoms with Gasteiger partial charge in [-0.05, 0) is 38.5 Å². The number of thiazole rings is 1. The van der Waals surface area contributed by atoms with E-state index in [-0.39, 0.29) is 23.9 Å². The minimum atomic E-state index is -0.968. The normalized spacial score (nSPS) is 12.0. The Morgan fingerprint density at radius 1 is 1.26 bits per heavy atom. The van der Waals surface area contributed by atoms with Crippen molar-refractivity contribution < 1.29 is 14.7 Å². The van der Waals surface area contributed by atoms with E-state index in [1.807, 2.05) is 20.8 Å². The molecule has 23 heavy (non-hydrogen) atoms. The third-order valence-electron chi connectivity index (χ3n) is 3.85. The Morgan fingerprint density at radius 3 is 2.35 bits per heavy atom. The highest BCUT2D eigenvalue weighted by molar-refractivity contribution is 7.11. The number of carbonyl (C=O) groups is 2. The van der Waals surface area contributed by atoms with Crippen LogP contribution in [-0.2, 0) is 11.2 Å². The number of carboxylic acid groups (broad SMARTS) is 1. The largest absolute Gasteiger partial charge is 0.478 e. The average Bonchev–Trinajstić information content (AvgIpc) is 2.84. The lowest BCUT2D eigenvalue weighted by Gasteiger charge is -2.24. The van der Waals surface area contributed by atoms with Gasteiger partial charge >= 0.3 is 5.97 Å². The van der Waals surface area contributed by atoms with Gasteiger partial charge in [0.05, 0.1) is 28.7 Å². The number of benzene rings is 1. The van der Waals surface area contributed by atoms with E-state index in [4.69, 9.17) is 5.11 Å². The SMILES string of the molecule is Cc1nc(C)c(C(C)N(C)C(=O)Cc2ccc(C(=O)O)cc2)s1. The van der Waals surface area contributed by atoms with Crippen molar-refractivity contribution in [1.29, 1.82) is 0 Å². The van der Waals surface area contributed by atoms with E-state index in [1.165, 1.54) is 12.1 Å². The Morgan fingerprint density at radius 2 is 1.87 bits per heavy atom. The lowest BCUT2D eigenvalue weighted by Crippen LogP contribution is -2.30. The van der Waals surface area contributed by atoms with Crippen LogP contribution in [0.2, 0.25) is 0 Å². The Balaban J connectivity index is 2.07. The van der Waals surface area contributed by atoms with Crippen molar-refractivity contribution in [3.8, 4) is 0 Å². The first-order valence-corrected chi connectivity index (χ1v) is 8.13. The molecule has 5 nitrogen and oxygen atoms in total. The summed E-state index contributed by atoms with van der Waals surface area (Å²) in [5.74, 6) is -0.976. The smallest absolute Gasteiger partial charge is 0.335 e. The summed E-state index contributed by atoms with van der Waals surface area (Å²) in [6.07, 6.45) is 0.248. The van der Waals surface area contributed by atoms with E-state index in [0.29, 0.717) is 0 Å². The van der Waals surface area contributed by atoms with Crippen molar-refractivity contribution in [3.05, 3.63) is 51.0 Å². The first kappa shape index (κ1) is 17.1. The lowest BCUT2D eigenvalue weighted by atomic mass is 10.1. The number of rotatable bonds is 5. The minimum absolute atomic E-state index is 0.00831. The highest BCUT2D eigenvalue weighted by atomic mass is 32.1. The number of hydrogen-bond donors (Lipinski definition) is 1. The second-order valence-corrected chi connectivity index (χ2v) is 6.78. The minimum Gasteiger partial charge on any atom is -0.478 e. The highest BCUT2D eigenvalue weighted by Crippen LogP contribution is 2.28. The van der Waals surface area contributed by atoms with Crippen LogP contribution in [0.4, 0.5) is 0 Å². The lowest BCUT2D eigenvalue weighted by molar-refractivity contribution is -0.131. The fraction of sp³-hybridized carbons (Fsp3) is 0.353. The number of carboxylic acids is 1. The van der Waals surface area contributed by atoms with Crippen molar-refractivity contribution >= 4 is 23.2 Å². The summed E-state index contributed by atoms with van der Waals surface area (Å²) in [6.45, 7) is 5.91. The molecule has 1 atom stereocenters. The molecule has 6 heteroatoms. The number of likely N-dealkylation sites (N-methyl/N-ethyl adjacent to an activating group) is 1. The maximum atomic E-state index is 12.5. The van der Waals surface area contributed by atoms with Crippen LogP contribution in [0.3, 0.4) is 0 Å². The summed E-state index contributed by atoms with van der Waals surface area (Å²) in [5.41, 5.74) is 1.99. The fourth-order valence-corrected chi connectivity index (χ4v) is 3.41. The second kappa shape index (κ2) is 6.91. The molecule has 1 amide bonds. The number of hydrogen-bond acceptors (Lipinski definition) is 4. The van der Waals surface area contributed by atoms with Crippen molar-refractivity contribution in [1.82, 2.24) is 9.88 Å². The fourth-order valence-electron chi connectivity index (χ4n) is 2.39. The predicted octanol–water partition coefficient (Wildman–Crippen LogP) is 3.22. The molecule has 0 aliphatic carbocycles. The summed E-state index contributed by atoms with van der Waals surface area (Å²) in [5, 5.41) is 9.89. The molecular formula is C17H20N2O3S. The van der Waals surface area contributed by atoms with Crippen molar-refractivity contribution in [2.45, 2.75) is 33.2 Å². The van der Waals surface area contributed by atoms with Gasteiger partial charge in [-0.15, -0.1) is 11.3 Å². The Labute approximate surface area is 139 Å². The van der Waals surface area contributed by atoms with Gasteiger partial charge < -0.3 is 10.0 Å². The molecule has 1 N–H and O–H groups in total. The van der Waals surface area contributed by atoms with Crippen LogP contribution < -0.4 is 0 Å². The standard InChI is InChI=1S/C17H20N2O3S/c1-10-16(23-12(3)18-10)11(2)19(4)15(20)9-13-5-7-14(8-6-13)17(21)22/h5-8,11H,9H2,1-4H3,(H,21,22). The van der Waals surface area contributed by atoms with Crippen LogP contribution in [0.5, 0.6) is 0 Å². The van der Waals surface area contributed by atoms with Crippen LogP contribution in [0, 0.1) is 13.8 Å². The van der Waals surface area contributed by atoms with E-state index in [2.05, 4.69) is 4.98 Å². The van der Waals surface area contributed by atoms with Gasteiger partial charge in [0.2, 0.25) is 5.91 Å². The van der Waals surface area contributed by atoms with Crippen LogP contribution in [0.15, 0.2) is 24.3 Å². The Kier molecular flexibility index (Phi) is 5.15. The van der Waals surface area contributed by atoms with Crippen LogP contribution in [-0.4, -0.2) is 33.9 Å². The molecule has 0 bridgehead atoms. The van der Waals surface area contributed by atoms with Gasteiger partial charge in [-0.2, -0.15) is 0 Å². The van der Waals surface area contributed by atoms with Crippen LogP contribution >= 0.6 is 11.3 Å². The number of aromatic nitrogens is 1. The first-order chi connectivity index (χ1) is 10.8. The molecular weight excluding hydrogens is 312 g/mol.